The van der Waals surface area contributed by atoms with E-state index in [9.17, 15) is 0 Å². The SMILES string of the molecule is CC(/C=N\NC(=S)NCc1ccccc1)=C\c1ccccc1. The topological polar surface area (TPSA) is 36.4 Å². The molecule has 2 aromatic rings. The molecule has 0 atom stereocenters. The van der Waals surface area contributed by atoms with Gasteiger partial charge in [0.1, 0.15) is 0 Å². The maximum absolute atomic E-state index is 5.18. The molecule has 0 aliphatic carbocycles. The normalized spacial score (nSPS) is 11.4. The number of thiocarbonyl (C=S) groups is 1. The summed E-state index contributed by atoms with van der Waals surface area (Å²) in [5.41, 5.74) is 6.19. The molecular weight excluding hydrogens is 290 g/mol. The Hall–Kier alpha value is -2.46. The zero-order chi connectivity index (χ0) is 15.6. The van der Waals surface area contributed by atoms with Gasteiger partial charge in [0.15, 0.2) is 5.11 Å². The van der Waals surface area contributed by atoms with Crippen molar-refractivity contribution in [1.29, 1.82) is 0 Å². The van der Waals surface area contributed by atoms with Crippen LogP contribution in [0.25, 0.3) is 6.08 Å². The highest BCUT2D eigenvalue weighted by molar-refractivity contribution is 7.80. The van der Waals surface area contributed by atoms with E-state index in [0.717, 1.165) is 11.1 Å². The van der Waals surface area contributed by atoms with Gasteiger partial charge in [0.05, 0.1) is 6.21 Å². The zero-order valence-corrected chi connectivity index (χ0v) is 13.3. The molecule has 0 amide bonds. The summed E-state index contributed by atoms with van der Waals surface area (Å²) in [6.07, 6.45) is 3.81. The molecule has 0 aromatic heterocycles. The molecule has 0 fully saturated rings. The summed E-state index contributed by atoms with van der Waals surface area (Å²) in [6, 6.07) is 20.2. The van der Waals surface area contributed by atoms with Crippen LogP contribution in [0.15, 0.2) is 71.3 Å². The second-order valence-electron chi connectivity index (χ2n) is 4.84. The van der Waals surface area contributed by atoms with Crippen molar-refractivity contribution in [2.75, 3.05) is 0 Å². The molecule has 3 nitrogen and oxygen atoms in total. The minimum atomic E-state index is 0.507. The van der Waals surface area contributed by atoms with Crippen LogP contribution in [0.4, 0.5) is 0 Å². The van der Waals surface area contributed by atoms with Crippen LogP contribution in [0, 0.1) is 0 Å². The molecule has 0 aliphatic heterocycles. The fourth-order valence-electron chi connectivity index (χ4n) is 1.86. The molecule has 0 saturated carbocycles. The Bertz CT molecular complexity index is 649. The van der Waals surface area contributed by atoms with E-state index >= 15 is 0 Å². The van der Waals surface area contributed by atoms with Crippen LogP contribution in [0.2, 0.25) is 0 Å². The van der Waals surface area contributed by atoms with Crippen LogP contribution >= 0.6 is 12.2 Å². The summed E-state index contributed by atoms with van der Waals surface area (Å²) in [4.78, 5) is 0. The van der Waals surface area contributed by atoms with E-state index < -0.39 is 0 Å². The quantitative estimate of drug-likeness (QED) is 0.502. The minimum Gasteiger partial charge on any atom is -0.357 e. The maximum Gasteiger partial charge on any atom is 0.187 e. The molecule has 2 aromatic carbocycles. The van der Waals surface area contributed by atoms with E-state index in [1.165, 1.54) is 5.56 Å². The summed E-state index contributed by atoms with van der Waals surface area (Å²) in [6.45, 7) is 2.68. The molecule has 4 heteroatoms. The van der Waals surface area contributed by atoms with Gasteiger partial charge in [-0.05, 0) is 35.8 Å². The third kappa shape index (κ3) is 5.89. The number of nitrogens with zero attached hydrogens (tertiary/aromatic N) is 1. The first-order chi connectivity index (χ1) is 10.7. The van der Waals surface area contributed by atoms with Gasteiger partial charge in [0.25, 0.3) is 0 Å². The summed E-state index contributed by atoms with van der Waals surface area (Å²) in [7, 11) is 0. The maximum atomic E-state index is 5.18. The van der Waals surface area contributed by atoms with E-state index in [1.54, 1.807) is 6.21 Å². The van der Waals surface area contributed by atoms with Crippen molar-refractivity contribution in [1.82, 2.24) is 10.7 Å². The van der Waals surface area contributed by atoms with Gasteiger partial charge in [-0.15, -0.1) is 0 Å². The third-order valence-corrected chi connectivity index (χ3v) is 3.16. The highest BCUT2D eigenvalue weighted by atomic mass is 32.1. The van der Waals surface area contributed by atoms with Gasteiger partial charge in [-0.1, -0.05) is 66.7 Å². The lowest BCUT2D eigenvalue weighted by molar-refractivity contribution is 0.869. The Morgan fingerprint density at radius 1 is 1.05 bits per heavy atom. The summed E-state index contributed by atoms with van der Waals surface area (Å²) in [5, 5.41) is 7.75. The van der Waals surface area contributed by atoms with Crippen molar-refractivity contribution >= 4 is 29.6 Å². The number of hydrazone groups is 1. The lowest BCUT2D eigenvalue weighted by Crippen LogP contribution is -2.31. The lowest BCUT2D eigenvalue weighted by Gasteiger charge is -2.06. The Morgan fingerprint density at radius 3 is 2.36 bits per heavy atom. The molecule has 0 unspecified atom stereocenters. The van der Waals surface area contributed by atoms with Crippen molar-refractivity contribution in [2.45, 2.75) is 13.5 Å². The first-order valence-corrected chi connectivity index (χ1v) is 7.49. The number of hydrogen-bond donors (Lipinski definition) is 2. The fraction of sp³-hybridized carbons (Fsp3) is 0.111. The van der Waals surface area contributed by atoms with Crippen LogP contribution in [-0.4, -0.2) is 11.3 Å². The zero-order valence-electron chi connectivity index (χ0n) is 12.5. The average molecular weight is 309 g/mol. The lowest BCUT2D eigenvalue weighted by atomic mass is 10.1. The van der Waals surface area contributed by atoms with Gasteiger partial charge in [-0.2, -0.15) is 5.10 Å². The Labute approximate surface area is 136 Å². The second-order valence-corrected chi connectivity index (χ2v) is 5.25. The van der Waals surface area contributed by atoms with E-state index in [1.807, 2.05) is 55.5 Å². The molecular formula is C18H19N3S. The van der Waals surface area contributed by atoms with Gasteiger partial charge >= 0.3 is 0 Å². The largest absolute Gasteiger partial charge is 0.357 e. The van der Waals surface area contributed by atoms with Crippen LogP contribution < -0.4 is 10.7 Å². The van der Waals surface area contributed by atoms with Crippen LogP contribution in [0.3, 0.4) is 0 Å². The van der Waals surface area contributed by atoms with Gasteiger partial charge in [-0.3, -0.25) is 5.43 Å². The first-order valence-electron chi connectivity index (χ1n) is 7.08. The van der Waals surface area contributed by atoms with Gasteiger partial charge in [0, 0.05) is 6.54 Å². The Kier molecular flexibility index (Phi) is 6.33. The summed E-state index contributed by atoms with van der Waals surface area (Å²) >= 11 is 5.18. The van der Waals surface area contributed by atoms with Crippen LogP contribution in [0.5, 0.6) is 0 Å². The Morgan fingerprint density at radius 2 is 1.68 bits per heavy atom. The predicted octanol–water partition coefficient (Wildman–Crippen LogP) is 3.74. The smallest absolute Gasteiger partial charge is 0.187 e. The van der Waals surface area contributed by atoms with Gasteiger partial charge in [0.2, 0.25) is 0 Å². The van der Waals surface area contributed by atoms with Gasteiger partial charge in [-0.25, -0.2) is 0 Å². The standard InChI is InChI=1S/C18H19N3S/c1-15(12-16-8-4-2-5-9-16)13-20-21-18(22)19-14-17-10-6-3-7-11-17/h2-13H,14H2,1H3,(H2,19,21,22)/b15-12+,20-13-. The third-order valence-electron chi connectivity index (χ3n) is 2.92. The second kappa shape index (κ2) is 8.74. The molecule has 2 rings (SSSR count). The fourth-order valence-corrected chi connectivity index (χ4v) is 1.98. The highest BCUT2D eigenvalue weighted by Crippen LogP contribution is 2.04. The molecule has 2 N–H and O–H groups in total. The molecule has 0 spiro atoms. The molecule has 0 heterocycles. The summed E-state index contributed by atoms with van der Waals surface area (Å²) < 4.78 is 0. The van der Waals surface area contributed by atoms with E-state index in [4.69, 9.17) is 12.2 Å². The van der Waals surface area contributed by atoms with E-state index in [-0.39, 0.29) is 0 Å². The number of rotatable bonds is 5. The molecule has 0 bridgehead atoms. The highest BCUT2D eigenvalue weighted by Gasteiger charge is 1.94. The van der Waals surface area contributed by atoms with E-state index in [2.05, 4.69) is 34.1 Å². The number of benzene rings is 2. The van der Waals surface area contributed by atoms with Crippen molar-refractivity contribution in [2.24, 2.45) is 5.10 Å². The summed E-state index contributed by atoms with van der Waals surface area (Å²) in [5.74, 6) is 0. The number of nitrogens with one attached hydrogen (secondary N) is 2. The number of allylic oxidation sites excluding steroid dienone is 1. The van der Waals surface area contributed by atoms with Crippen molar-refractivity contribution in [3.05, 3.63) is 77.4 Å². The van der Waals surface area contributed by atoms with E-state index in [0.29, 0.717) is 11.7 Å². The van der Waals surface area contributed by atoms with Gasteiger partial charge < -0.3 is 5.32 Å². The molecule has 112 valence electrons. The molecule has 0 saturated heterocycles. The Balaban J connectivity index is 1.77. The van der Waals surface area contributed by atoms with Crippen molar-refractivity contribution < 1.29 is 0 Å². The molecule has 0 aliphatic rings. The average Bonchev–Trinajstić information content (AvgIpc) is 2.55. The molecule has 22 heavy (non-hydrogen) atoms. The van der Waals surface area contributed by atoms with Crippen molar-refractivity contribution in [3.63, 3.8) is 0 Å². The molecule has 0 radical (unpaired) electrons. The number of hydrogen-bond acceptors (Lipinski definition) is 2. The van der Waals surface area contributed by atoms with Crippen LogP contribution in [0.1, 0.15) is 18.1 Å². The first kappa shape index (κ1) is 15.9. The van der Waals surface area contributed by atoms with Crippen LogP contribution in [-0.2, 0) is 6.54 Å². The predicted molar refractivity (Wildman–Crippen MR) is 97.6 cm³/mol. The minimum absolute atomic E-state index is 0.507. The van der Waals surface area contributed by atoms with Crippen molar-refractivity contribution in [3.8, 4) is 0 Å². The monoisotopic (exact) mass is 309 g/mol.